The van der Waals surface area contributed by atoms with Gasteiger partial charge in [0.2, 0.25) is 0 Å². The monoisotopic (exact) mass is 222 g/mol. The van der Waals surface area contributed by atoms with Gasteiger partial charge in [-0.25, -0.2) is 0 Å². The molecule has 1 saturated heterocycles. The summed E-state index contributed by atoms with van der Waals surface area (Å²) in [6.07, 6.45) is 1.38. The Morgan fingerprint density at radius 1 is 1.50 bits per heavy atom. The second kappa shape index (κ2) is 4.44. The average Bonchev–Trinajstić information content (AvgIpc) is 2.29. The van der Waals surface area contributed by atoms with E-state index in [1.807, 2.05) is 31.2 Å². The number of hydrogen-bond donors (Lipinski definition) is 1. The standard InChI is InChI=1S/C13H18O3/c1-10-9-13(14,6-7-16-10)11-4-3-5-12(8-11)15-2/h3-5,8,10,14H,6-7,9H2,1-2H3. The summed E-state index contributed by atoms with van der Waals surface area (Å²) in [5.41, 5.74) is 0.147. The Hall–Kier alpha value is -1.06. The van der Waals surface area contributed by atoms with Crippen molar-refractivity contribution in [2.75, 3.05) is 13.7 Å². The molecule has 2 unspecified atom stereocenters. The third kappa shape index (κ3) is 2.20. The molecule has 0 saturated carbocycles. The maximum absolute atomic E-state index is 10.6. The molecule has 0 aliphatic carbocycles. The predicted molar refractivity (Wildman–Crippen MR) is 61.5 cm³/mol. The van der Waals surface area contributed by atoms with Crippen LogP contribution in [-0.4, -0.2) is 24.9 Å². The molecule has 1 aromatic rings. The zero-order chi connectivity index (χ0) is 11.6. The average molecular weight is 222 g/mol. The van der Waals surface area contributed by atoms with Crippen molar-refractivity contribution in [1.82, 2.24) is 0 Å². The Morgan fingerprint density at radius 3 is 3.00 bits per heavy atom. The van der Waals surface area contributed by atoms with E-state index in [0.717, 1.165) is 11.3 Å². The van der Waals surface area contributed by atoms with Crippen LogP contribution in [0.15, 0.2) is 24.3 Å². The highest BCUT2D eigenvalue weighted by atomic mass is 16.5. The third-order valence-electron chi connectivity index (χ3n) is 3.15. The van der Waals surface area contributed by atoms with Crippen molar-refractivity contribution in [3.8, 4) is 5.75 Å². The minimum absolute atomic E-state index is 0.102. The second-order valence-corrected chi connectivity index (χ2v) is 4.40. The molecule has 0 radical (unpaired) electrons. The fourth-order valence-electron chi connectivity index (χ4n) is 2.24. The smallest absolute Gasteiger partial charge is 0.119 e. The molecule has 1 heterocycles. The van der Waals surface area contributed by atoms with Gasteiger partial charge in [-0.1, -0.05) is 12.1 Å². The Morgan fingerprint density at radius 2 is 2.31 bits per heavy atom. The predicted octanol–water partition coefficient (Wildman–Crippen LogP) is 2.08. The van der Waals surface area contributed by atoms with Crippen molar-refractivity contribution in [2.45, 2.75) is 31.5 Å². The SMILES string of the molecule is COc1cccc(C2(O)CCOC(C)C2)c1. The highest BCUT2D eigenvalue weighted by Gasteiger charge is 2.35. The number of methoxy groups -OCH3 is 1. The molecule has 1 aliphatic rings. The molecular weight excluding hydrogens is 204 g/mol. The van der Waals surface area contributed by atoms with E-state index in [-0.39, 0.29) is 6.10 Å². The Kier molecular flexibility index (Phi) is 3.17. The summed E-state index contributed by atoms with van der Waals surface area (Å²) < 4.78 is 10.6. The van der Waals surface area contributed by atoms with Gasteiger partial charge in [-0.05, 0) is 24.6 Å². The number of benzene rings is 1. The van der Waals surface area contributed by atoms with Gasteiger partial charge in [-0.3, -0.25) is 0 Å². The van der Waals surface area contributed by atoms with Crippen molar-refractivity contribution in [3.05, 3.63) is 29.8 Å². The van der Waals surface area contributed by atoms with E-state index in [0.29, 0.717) is 19.4 Å². The van der Waals surface area contributed by atoms with Crippen LogP contribution in [0.1, 0.15) is 25.3 Å². The van der Waals surface area contributed by atoms with Crippen LogP contribution in [0.25, 0.3) is 0 Å². The van der Waals surface area contributed by atoms with Gasteiger partial charge in [0.05, 0.1) is 25.4 Å². The van der Waals surface area contributed by atoms with E-state index in [1.165, 1.54) is 0 Å². The van der Waals surface area contributed by atoms with E-state index in [1.54, 1.807) is 7.11 Å². The maximum Gasteiger partial charge on any atom is 0.119 e. The van der Waals surface area contributed by atoms with Crippen LogP contribution in [-0.2, 0) is 10.3 Å². The van der Waals surface area contributed by atoms with Crippen LogP contribution >= 0.6 is 0 Å². The highest BCUT2D eigenvalue weighted by Crippen LogP contribution is 2.35. The lowest BCUT2D eigenvalue weighted by Crippen LogP contribution is -2.37. The van der Waals surface area contributed by atoms with Crippen LogP contribution in [0.4, 0.5) is 0 Å². The molecule has 1 fully saturated rings. The number of aliphatic hydroxyl groups is 1. The molecule has 3 nitrogen and oxygen atoms in total. The van der Waals surface area contributed by atoms with E-state index in [4.69, 9.17) is 9.47 Å². The molecule has 88 valence electrons. The van der Waals surface area contributed by atoms with Crippen molar-refractivity contribution >= 4 is 0 Å². The first-order valence-corrected chi connectivity index (χ1v) is 5.62. The summed E-state index contributed by atoms with van der Waals surface area (Å²) in [7, 11) is 1.63. The van der Waals surface area contributed by atoms with Gasteiger partial charge in [0.1, 0.15) is 5.75 Å². The number of rotatable bonds is 2. The molecule has 0 amide bonds. The molecule has 16 heavy (non-hydrogen) atoms. The van der Waals surface area contributed by atoms with E-state index < -0.39 is 5.60 Å². The second-order valence-electron chi connectivity index (χ2n) is 4.40. The Labute approximate surface area is 96.0 Å². The van der Waals surface area contributed by atoms with Crippen molar-refractivity contribution in [1.29, 1.82) is 0 Å². The quantitative estimate of drug-likeness (QED) is 0.832. The lowest BCUT2D eigenvalue weighted by atomic mass is 9.84. The highest BCUT2D eigenvalue weighted by molar-refractivity contribution is 5.32. The van der Waals surface area contributed by atoms with E-state index in [9.17, 15) is 5.11 Å². The number of ether oxygens (including phenoxy) is 2. The van der Waals surface area contributed by atoms with Crippen molar-refractivity contribution in [3.63, 3.8) is 0 Å². The molecule has 1 N–H and O–H groups in total. The normalized spacial score (nSPS) is 30.1. The van der Waals surface area contributed by atoms with Crippen LogP contribution in [0.5, 0.6) is 5.75 Å². The van der Waals surface area contributed by atoms with E-state index >= 15 is 0 Å². The van der Waals surface area contributed by atoms with Crippen LogP contribution < -0.4 is 4.74 Å². The lowest BCUT2D eigenvalue weighted by Gasteiger charge is -2.36. The number of hydrogen-bond acceptors (Lipinski definition) is 3. The largest absolute Gasteiger partial charge is 0.497 e. The molecule has 1 aromatic carbocycles. The van der Waals surface area contributed by atoms with Gasteiger partial charge in [-0.15, -0.1) is 0 Å². The Balaban J connectivity index is 2.27. The topological polar surface area (TPSA) is 38.7 Å². The zero-order valence-electron chi connectivity index (χ0n) is 9.77. The van der Waals surface area contributed by atoms with Gasteiger partial charge >= 0.3 is 0 Å². The van der Waals surface area contributed by atoms with E-state index in [2.05, 4.69) is 0 Å². The first-order chi connectivity index (χ1) is 7.64. The summed E-state index contributed by atoms with van der Waals surface area (Å²) in [4.78, 5) is 0. The van der Waals surface area contributed by atoms with Gasteiger partial charge < -0.3 is 14.6 Å². The third-order valence-corrected chi connectivity index (χ3v) is 3.15. The molecule has 0 aromatic heterocycles. The molecule has 2 atom stereocenters. The van der Waals surface area contributed by atoms with Crippen LogP contribution in [0.3, 0.4) is 0 Å². The summed E-state index contributed by atoms with van der Waals surface area (Å²) in [5, 5.41) is 10.6. The fraction of sp³-hybridized carbons (Fsp3) is 0.538. The Bertz CT molecular complexity index is 364. The fourth-order valence-corrected chi connectivity index (χ4v) is 2.24. The molecule has 3 heteroatoms. The summed E-state index contributed by atoms with van der Waals surface area (Å²) in [6.45, 7) is 2.60. The molecular formula is C13H18O3. The van der Waals surface area contributed by atoms with Gasteiger partial charge in [0.15, 0.2) is 0 Å². The summed E-state index contributed by atoms with van der Waals surface area (Å²) >= 11 is 0. The minimum Gasteiger partial charge on any atom is -0.497 e. The van der Waals surface area contributed by atoms with Gasteiger partial charge in [-0.2, -0.15) is 0 Å². The molecule has 0 spiro atoms. The van der Waals surface area contributed by atoms with Crippen molar-refractivity contribution < 1.29 is 14.6 Å². The van der Waals surface area contributed by atoms with Crippen molar-refractivity contribution in [2.24, 2.45) is 0 Å². The summed E-state index contributed by atoms with van der Waals surface area (Å²) in [5.74, 6) is 0.782. The van der Waals surface area contributed by atoms with Crippen LogP contribution in [0.2, 0.25) is 0 Å². The molecule has 2 rings (SSSR count). The van der Waals surface area contributed by atoms with Crippen LogP contribution in [0, 0.1) is 0 Å². The molecule has 1 aliphatic heterocycles. The molecule has 0 bridgehead atoms. The minimum atomic E-state index is -0.772. The van der Waals surface area contributed by atoms with Gasteiger partial charge in [0, 0.05) is 12.8 Å². The lowest BCUT2D eigenvalue weighted by molar-refractivity contribution is -0.101. The zero-order valence-corrected chi connectivity index (χ0v) is 9.77. The first-order valence-electron chi connectivity index (χ1n) is 5.62. The maximum atomic E-state index is 10.6. The van der Waals surface area contributed by atoms with Gasteiger partial charge in [0.25, 0.3) is 0 Å². The first kappa shape index (κ1) is 11.4. The summed E-state index contributed by atoms with van der Waals surface area (Å²) in [6, 6.07) is 7.64.